The van der Waals surface area contributed by atoms with Gasteiger partial charge in [-0.2, -0.15) is 0 Å². The number of methoxy groups -OCH3 is 3. The predicted molar refractivity (Wildman–Crippen MR) is 260 cm³/mol. The molecule has 3 nitrogen and oxygen atoms in total. The second kappa shape index (κ2) is 16.3. The van der Waals surface area contributed by atoms with Gasteiger partial charge in [0.25, 0.3) is 0 Å². The van der Waals surface area contributed by atoms with Crippen molar-refractivity contribution >= 4 is 99.2 Å². The molecule has 312 valence electrons. The second-order valence-corrected chi connectivity index (χ2v) is 81.3. The molecule has 1 aliphatic rings. The first-order valence-corrected chi connectivity index (χ1v) is 41.6. The minimum absolute atomic E-state index is 0.0331. The zero-order valence-electron chi connectivity index (χ0n) is 38.1. The van der Waals surface area contributed by atoms with Crippen LogP contribution in [0.1, 0.15) is 158 Å². The summed E-state index contributed by atoms with van der Waals surface area (Å²) >= 11 is 13.3. The molecule has 0 N–H and O–H groups in total. The first-order chi connectivity index (χ1) is 25.1. The second-order valence-electron chi connectivity index (χ2n) is 21.5. The molecule has 1 fully saturated rings. The molecule has 0 saturated carbocycles. The van der Waals surface area contributed by atoms with Crippen LogP contribution in [0.5, 0.6) is 17.2 Å². The van der Waals surface area contributed by atoms with Crippen LogP contribution < -0.4 is 30.1 Å². The Bertz CT molecular complexity index is 2060. The quantitative estimate of drug-likeness (QED) is 0.182. The van der Waals surface area contributed by atoms with Crippen molar-refractivity contribution < 1.29 is 14.2 Å². The molecule has 1 heterocycles. The van der Waals surface area contributed by atoms with Gasteiger partial charge in [-0.1, -0.05) is 0 Å². The summed E-state index contributed by atoms with van der Waals surface area (Å²) in [6, 6.07) is 14.7. The zero-order chi connectivity index (χ0) is 43.2. The first kappa shape index (κ1) is 49.6. The third-order valence-corrected chi connectivity index (χ3v) is 145. The van der Waals surface area contributed by atoms with Gasteiger partial charge >= 0.3 is 379 Å². The van der Waals surface area contributed by atoms with Gasteiger partial charge in [0, 0.05) is 0 Å². The van der Waals surface area contributed by atoms with E-state index in [-0.39, 0.29) is 57.9 Å². The van der Waals surface area contributed by atoms with Gasteiger partial charge in [-0.05, 0) is 0 Å². The molecule has 2 atom stereocenters. The molecule has 3 aromatic rings. The van der Waals surface area contributed by atoms with E-state index >= 15 is 0 Å². The normalized spacial score (nSPS) is 22.7. The number of ether oxygens (including phenoxy) is 3. The van der Waals surface area contributed by atoms with E-state index in [0.717, 1.165) is 17.2 Å². The Labute approximate surface area is 375 Å². The summed E-state index contributed by atoms with van der Waals surface area (Å²) in [5.41, 5.74) is 7.65. The van der Waals surface area contributed by atoms with Gasteiger partial charge in [0.05, 0.1) is 0 Å². The van der Waals surface area contributed by atoms with E-state index < -0.39 is 12.7 Å². The summed E-state index contributed by atoms with van der Waals surface area (Å²) in [7, 11) is 5.68. The van der Waals surface area contributed by atoms with Gasteiger partial charge in [0.1, 0.15) is 0 Å². The summed E-state index contributed by atoms with van der Waals surface area (Å²) in [6.07, 6.45) is 0. The van der Waals surface area contributed by atoms with Crippen LogP contribution in [0.25, 0.3) is 0 Å². The van der Waals surface area contributed by atoms with Crippen LogP contribution in [0, 0.1) is 0 Å². The Morgan fingerprint density at radius 1 is 0.375 bits per heavy atom. The van der Waals surface area contributed by atoms with E-state index in [1.807, 2.05) is 21.3 Å². The fourth-order valence-corrected chi connectivity index (χ4v) is 222. The van der Waals surface area contributed by atoms with Crippen molar-refractivity contribution in [1.29, 1.82) is 0 Å². The van der Waals surface area contributed by atoms with E-state index in [4.69, 9.17) is 14.2 Å². The van der Waals surface area contributed by atoms with E-state index in [0.29, 0.717) is 0 Å². The molecule has 3 aromatic carbocycles. The molecule has 0 radical (unpaired) electrons. The van der Waals surface area contributed by atoms with Crippen molar-refractivity contribution in [2.45, 2.75) is 157 Å². The van der Waals surface area contributed by atoms with Gasteiger partial charge in [-0.25, -0.2) is 0 Å². The summed E-state index contributed by atoms with van der Waals surface area (Å²) in [5, 5.41) is 4.30. The van der Waals surface area contributed by atoms with Gasteiger partial charge in [0.15, 0.2) is 0 Å². The first-order valence-electron chi connectivity index (χ1n) is 19.5. The molecule has 4 rings (SSSR count). The molecule has 1 aliphatic heterocycles. The molecule has 2 unspecified atom stereocenters. The summed E-state index contributed by atoms with van der Waals surface area (Å²) in [6.45, 7) is 42.4. The van der Waals surface area contributed by atoms with Gasteiger partial charge in [-0.3, -0.25) is 0 Å². The Morgan fingerprint density at radius 3 is 0.821 bits per heavy atom. The molecule has 0 aliphatic carbocycles. The SMILES string of the molecule is COc1cc(C(C)(C)C)cc(C(C)(C)C)c1P1(=[Se])[Se][Se]P(=[Se])(c2c(OC)cc(C(C)(C)C)cc2C(C)(C)C)P1(=[Se])c1c(OC)cc(C(C)(C)C)cc1C(C)(C)C. The van der Waals surface area contributed by atoms with Crippen molar-refractivity contribution in [3.05, 3.63) is 69.8 Å². The Balaban J connectivity index is 2.47. The summed E-state index contributed by atoms with van der Waals surface area (Å²) in [4.78, 5) is -2.45. The molecule has 56 heavy (non-hydrogen) atoms. The zero-order valence-corrected chi connectivity index (χ0v) is 49.3. The van der Waals surface area contributed by atoms with E-state index in [1.54, 1.807) is 0 Å². The van der Waals surface area contributed by atoms with Crippen LogP contribution in [0.3, 0.4) is 0 Å². The third kappa shape index (κ3) is 8.91. The molecule has 0 aromatic heterocycles. The molecule has 0 spiro atoms. The summed E-state index contributed by atoms with van der Waals surface area (Å²) < 4.78 is 15.6. The minimum atomic E-state index is -2.45. The molecule has 0 amide bonds. The van der Waals surface area contributed by atoms with Crippen molar-refractivity contribution in [3.8, 4) is 17.2 Å². The van der Waals surface area contributed by atoms with Gasteiger partial charge < -0.3 is 0 Å². The number of hydrogen-bond donors (Lipinski definition) is 0. The number of rotatable bonds is 6. The molecule has 1 saturated heterocycles. The van der Waals surface area contributed by atoms with Crippen molar-refractivity contribution in [2.75, 3.05) is 21.3 Å². The monoisotopic (exact) mass is 1150 g/mol. The number of benzene rings is 3. The summed E-state index contributed by atoms with van der Waals surface area (Å²) in [5.74, 6) is 3.09. The van der Waals surface area contributed by atoms with Gasteiger partial charge in [0.2, 0.25) is 0 Å². The predicted octanol–water partition coefficient (Wildman–Crippen LogP) is 11.1. The maximum absolute atomic E-state index is 6.76. The Kier molecular flexibility index (Phi) is 14.4. The van der Waals surface area contributed by atoms with Crippen LogP contribution in [0.2, 0.25) is 0 Å². The third-order valence-electron chi connectivity index (χ3n) is 10.7. The van der Waals surface area contributed by atoms with E-state index in [2.05, 4.69) is 206 Å². The topological polar surface area (TPSA) is 27.7 Å². The van der Waals surface area contributed by atoms with Crippen molar-refractivity contribution in [1.82, 2.24) is 0 Å². The van der Waals surface area contributed by atoms with Crippen LogP contribution in [0.15, 0.2) is 36.4 Å². The average Bonchev–Trinajstić information content (AvgIpc) is 3.26. The van der Waals surface area contributed by atoms with Crippen LogP contribution in [-0.2, 0) is 32.5 Å². The van der Waals surface area contributed by atoms with Crippen LogP contribution in [-0.4, -0.2) is 92.0 Å². The average molecular weight is 1150 g/mol. The van der Waals surface area contributed by atoms with Crippen molar-refractivity contribution in [2.24, 2.45) is 0 Å². The maximum atomic E-state index is 6.76. The van der Waals surface area contributed by atoms with E-state index in [9.17, 15) is 0 Å². The van der Waals surface area contributed by atoms with Crippen LogP contribution in [0.4, 0.5) is 0 Å². The van der Waals surface area contributed by atoms with Gasteiger partial charge in [-0.15, -0.1) is 0 Å². The standard InChI is InChI=1S/C45H69O3P3Se5/c1-40(2,3)28-22-31(43(10,11)12)37(34(25-28)46-19)49(52)50(53,38-32(44(13,14)15)23-29(41(4,5)6)26-35(38)47-20)55-56-51(49,54)39-33(45(16,17)18)24-30(42(7,8)9)27-36(39)48-21/h22-27H,1-21H3. The van der Waals surface area contributed by atoms with Crippen LogP contribution >= 0.6 is 12.7 Å². The number of hydrogen-bond acceptors (Lipinski definition) is 3. The molecular weight excluding hydrogens is 1080 g/mol. The Hall–Kier alpha value is 0.947. The van der Waals surface area contributed by atoms with E-state index in [1.165, 1.54) is 49.3 Å². The molecule has 0 bridgehead atoms. The molecular formula is C45H69O3P3Se5. The Morgan fingerprint density at radius 2 is 0.607 bits per heavy atom. The fraction of sp³-hybridized carbons (Fsp3) is 0.600. The van der Waals surface area contributed by atoms with Crippen molar-refractivity contribution in [3.63, 3.8) is 0 Å². The fourth-order valence-electron chi connectivity index (χ4n) is 7.13. The molecule has 11 heteroatoms.